The molecule has 0 saturated carbocycles. The number of hydrogen-bond acceptors (Lipinski definition) is 7. The number of nitro groups is 1. The Balaban J connectivity index is 1.36. The van der Waals surface area contributed by atoms with Gasteiger partial charge in [-0.1, -0.05) is 0 Å². The quantitative estimate of drug-likeness (QED) is 0.612. The van der Waals surface area contributed by atoms with Crippen LogP contribution in [0.15, 0.2) is 42.6 Å². The summed E-state index contributed by atoms with van der Waals surface area (Å²) in [6, 6.07) is 12.2. The molecular formula is C20H20N6O3. The van der Waals surface area contributed by atoms with Gasteiger partial charge in [-0.05, 0) is 43.2 Å². The fourth-order valence-electron chi connectivity index (χ4n) is 3.95. The van der Waals surface area contributed by atoms with E-state index in [1.54, 1.807) is 23.1 Å². The molecule has 2 atom stereocenters. The van der Waals surface area contributed by atoms with Crippen molar-refractivity contribution in [3.63, 3.8) is 0 Å². The number of carbonyl (C=O) groups excluding carboxylic acids is 1. The predicted octanol–water partition coefficient (Wildman–Crippen LogP) is 2.15. The fourth-order valence-corrected chi connectivity index (χ4v) is 3.95. The first-order chi connectivity index (χ1) is 14.0. The number of aromatic nitrogens is 1. The Hall–Kier alpha value is -3.51. The lowest BCUT2D eigenvalue weighted by atomic mass is 10.2. The molecular weight excluding hydrogens is 372 g/mol. The molecule has 1 N–H and O–H groups in total. The molecule has 0 bridgehead atoms. The summed E-state index contributed by atoms with van der Waals surface area (Å²) < 4.78 is 0. The summed E-state index contributed by atoms with van der Waals surface area (Å²) in [7, 11) is 0. The summed E-state index contributed by atoms with van der Waals surface area (Å²) >= 11 is 0. The Morgan fingerprint density at radius 1 is 1.17 bits per heavy atom. The number of carbonyl (C=O) groups is 1. The minimum Gasteiger partial charge on any atom is -0.366 e. The van der Waals surface area contributed by atoms with E-state index in [-0.39, 0.29) is 23.7 Å². The highest BCUT2D eigenvalue weighted by molar-refractivity contribution is 5.99. The number of rotatable bonds is 5. The summed E-state index contributed by atoms with van der Waals surface area (Å²) in [6.07, 6.45) is 2.88. The Bertz CT molecular complexity index is 954. The Kier molecular flexibility index (Phi) is 5.10. The first kappa shape index (κ1) is 18.8. The minimum absolute atomic E-state index is 0.0388. The molecule has 0 aliphatic carbocycles. The number of likely N-dealkylation sites (tertiary alicyclic amines) is 1. The third-order valence-corrected chi connectivity index (χ3v) is 5.46. The number of anilines is 2. The normalized spacial score (nSPS) is 21.9. The second-order valence-electron chi connectivity index (χ2n) is 7.24. The highest BCUT2D eigenvalue weighted by Crippen LogP contribution is 2.27. The minimum atomic E-state index is -0.473. The summed E-state index contributed by atoms with van der Waals surface area (Å²) in [6.45, 7) is 2.19. The summed E-state index contributed by atoms with van der Waals surface area (Å²) in [5, 5.41) is 22.9. The highest BCUT2D eigenvalue weighted by Gasteiger charge is 2.39. The van der Waals surface area contributed by atoms with E-state index in [9.17, 15) is 14.9 Å². The van der Waals surface area contributed by atoms with Crippen LogP contribution in [0.25, 0.3) is 0 Å². The van der Waals surface area contributed by atoms with Crippen LogP contribution in [0.4, 0.5) is 17.2 Å². The van der Waals surface area contributed by atoms with E-state index in [4.69, 9.17) is 5.26 Å². The summed E-state index contributed by atoms with van der Waals surface area (Å²) in [5.41, 5.74) is 1.36. The van der Waals surface area contributed by atoms with Gasteiger partial charge in [-0.25, -0.2) is 4.98 Å². The maximum atomic E-state index is 12.9. The van der Waals surface area contributed by atoms with Crippen LogP contribution in [0.5, 0.6) is 0 Å². The lowest BCUT2D eigenvalue weighted by molar-refractivity contribution is -0.385. The van der Waals surface area contributed by atoms with E-state index in [0.29, 0.717) is 17.9 Å². The average Bonchev–Trinajstić information content (AvgIpc) is 3.35. The fraction of sp³-hybridized carbons (Fsp3) is 0.350. The van der Waals surface area contributed by atoms with Crippen molar-refractivity contribution in [2.45, 2.75) is 24.9 Å². The maximum absolute atomic E-state index is 12.9. The molecule has 0 spiro atoms. The molecule has 2 aliphatic rings. The smallest absolute Gasteiger partial charge is 0.287 e. The molecule has 148 valence electrons. The van der Waals surface area contributed by atoms with Gasteiger partial charge in [-0.3, -0.25) is 19.8 Å². The largest absolute Gasteiger partial charge is 0.366 e. The van der Waals surface area contributed by atoms with Crippen LogP contribution in [0.2, 0.25) is 0 Å². The van der Waals surface area contributed by atoms with Crippen LogP contribution >= 0.6 is 0 Å². The van der Waals surface area contributed by atoms with Crippen LogP contribution in [0, 0.1) is 21.4 Å². The number of nitrogens with one attached hydrogen (secondary N) is 1. The van der Waals surface area contributed by atoms with Gasteiger partial charge in [-0.2, -0.15) is 5.26 Å². The van der Waals surface area contributed by atoms with Crippen molar-refractivity contribution in [1.82, 2.24) is 9.88 Å². The zero-order valence-electron chi connectivity index (χ0n) is 15.7. The monoisotopic (exact) mass is 392 g/mol. The maximum Gasteiger partial charge on any atom is 0.287 e. The van der Waals surface area contributed by atoms with Crippen molar-refractivity contribution in [2.24, 2.45) is 0 Å². The van der Waals surface area contributed by atoms with Gasteiger partial charge < -0.3 is 10.2 Å². The van der Waals surface area contributed by atoms with Crippen LogP contribution in [0.3, 0.4) is 0 Å². The first-order valence-electron chi connectivity index (χ1n) is 9.48. The van der Waals surface area contributed by atoms with Gasteiger partial charge in [0.1, 0.15) is 12.0 Å². The van der Waals surface area contributed by atoms with E-state index < -0.39 is 4.92 Å². The Morgan fingerprint density at radius 2 is 1.97 bits per heavy atom. The molecule has 2 saturated heterocycles. The molecule has 29 heavy (non-hydrogen) atoms. The third-order valence-electron chi connectivity index (χ3n) is 5.46. The lowest BCUT2D eigenvalue weighted by Crippen LogP contribution is -2.41. The number of nitrogens with zero attached hydrogens (tertiary/aromatic N) is 5. The topological polar surface area (TPSA) is 115 Å². The van der Waals surface area contributed by atoms with Gasteiger partial charge in [0.15, 0.2) is 0 Å². The molecule has 3 heterocycles. The number of pyridine rings is 1. The second-order valence-corrected chi connectivity index (χ2v) is 7.24. The average molecular weight is 392 g/mol. The predicted molar refractivity (Wildman–Crippen MR) is 106 cm³/mol. The van der Waals surface area contributed by atoms with Crippen LogP contribution in [-0.4, -0.2) is 52.4 Å². The molecule has 1 aromatic carbocycles. The van der Waals surface area contributed by atoms with Crippen molar-refractivity contribution < 1.29 is 9.72 Å². The summed E-state index contributed by atoms with van der Waals surface area (Å²) in [5.74, 6) is 0.684. The van der Waals surface area contributed by atoms with Gasteiger partial charge in [0, 0.05) is 37.4 Å². The standard InChI is InChI=1S/C20H20N6O3/c21-11-14-1-3-16(4-2-14)25-10-8-18(20(25)27)24-9-7-15(13-24)23-19-6-5-17(12-22-19)26(28)29/h1-6,12,15,18H,7-10,13H2,(H,22,23). The second kappa shape index (κ2) is 7.85. The molecule has 1 aromatic heterocycles. The van der Waals surface area contributed by atoms with Crippen LogP contribution in [-0.2, 0) is 4.79 Å². The number of amides is 1. The zero-order chi connectivity index (χ0) is 20.4. The number of hydrogen-bond donors (Lipinski definition) is 1. The molecule has 2 fully saturated rings. The SMILES string of the molecule is N#Cc1ccc(N2CCC(N3CCC(Nc4ccc([N+](=O)[O-])cn4)C3)C2=O)cc1. The van der Waals surface area contributed by atoms with E-state index in [1.807, 2.05) is 12.1 Å². The molecule has 1 amide bonds. The zero-order valence-corrected chi connectivity index (χ0v) is 15.7. The van der Waals surface area contributed by atoms with E-state index in [1.165, 1.54) is 12.3 Å². The Labute approximate surface area is 167 Å². The molecule has 9 nitrogen and oxygen atoms in total. The number of benzene rings is 1. The molecule has 4 rings (SSSR count). The van der Waals surface area contributed by atoms with Crippen molar-refractivity contribution in [3.05, 3.63) is 58.3 Å². The molecule has 2 aromatic rings. The van der Waals surface area contributed by atoms with E-state index >= 15 is 0 Å². The van der Waals surface area contributed by atoms with E-state index in [0.717, 1.165) is 31.6 Å². The van der Waals surface area contributed by atoms with Crippen LogP contribution < -0.4 is 10.2 Å². The lowest BCUT2D eigenvalue weighted by Gasteiger charge is -2.23. The van der Waals surface area contributed by atoms with Gasteiger partial charge in [0.2, 0.25) is 5.91 Å². The molecule has 2 aliphatic heterocycles. The van der Waals surface area contributed by atoms with Crippen molar-refractivity contribution >= 4 is 23.1 Å². The summed E-state index contributed by atoms with van der Waals surface area (Å²) in [4.78, 5) is 31.3. The third kappa shape index (κ3) is 3.88. The number of nitriles is 1. The van der Waals surface area contributed by atoms with Gasteiger partial charge in [0.25, 0.3) is 5.69 Å². The molecule has 9 heteroatoms. The highest BCUT2D eigenvalue weighted by atomic mass is 16.6. The molecule has 2 unspecified atom stereocenters. The van der Waals surface area contributed by atoms with Crippen molar-refractivity contribution in [3.8, 4) is 6.07 Å². The van der Waals surface area contributed by atoms with Crippen LogP contribution in [0.1, 0.15) is 18.4 Å². The Morgan fingerprint density at radius 3 is 2.62 bits per heavy atom. The molecule has 0 radical (unpaired) electrons. The van der Waals surface area contributed by atoms with Gasteiger partial charge in [0.05, 0.1) is 22.6 Å². The van der Waals surface area contributed by atoms with Gasteiger partial charge in [-0.15, -0.1) is 0 Å². The first-order valence-corrected chi connectivity index (χ1v) is 9.48. The van der Waals surface area contributed by atoms with Crippen molar-refractivity contribution in [1.29, 1.82) is 5.26 Å². The van der Waals surface area contributed by atoms with E-state index in [2.05, 4.69) is 21.3 Å². The van der Waals surface area contributed by atoms with Gasteiger partial charge >= 0.3 is 0 Å². The van der Waals surface area contributed by atoms with Crippen molar-refractivity contribution in [2.75, 3.05) is 29.9 Å².